The van der Waals surface area contributed by atoms with Gasteiger partial charge < -0.3 is 5.32 Å². The second-order valence-electron chi connectivity index (χ2n) is 6.92. The first-order valence-electron chi connectivity index (χ1n) is 9.30. The number of anilines is 1. The third kappa shape index (κ3) is 4.26. The van der Waals surface area contributed by atoms with Gasteiger partial charge in [-0.15, -0.1) is 11.3 Å². The molecule has 1 N–H and O–H groups in total. The molecule has 0 bridgehead atoms. The van der Waals surface area contributed by atoms with Crippen molar-refractivity contribution < 1.29 is 4.79 Å². The van der Waals surface area contributed by atoms with Crippen LogP contribution < -0.4 is 5.32 Å². The predicted molar refractivity (Wildman–Crippen MR) is 111 cm³/mol. The molecule has 27 heavy (non-hydrogen) atoms. The number of benzene rings is 2. The summed E-state index contributed by atoms with van der Waals surface area (Å²) >= 11 is 1.63. The molecular weight excluding hydrogens is 354 g/mol. The van der Waals surface area contributed by atoms with E-state index in [9.17, 15) is 4.79 Å². The highest BCUT2D eigenvalue weighted by atomic mass is 32.1. The Hall–Kier alpha value is -2.50. The Morgan fingerprint density at radius 2 is 2.07 bits per heavy atom. The minimum atomic E-state index is 0.0319. The number of aromatic nitrogens is 1. The number of amides is 1. The lowest BCUT2D eigenvalue weighted by atomic mass is 10.0. The van der Waals surface area contributed by atoms with E-state index < -0.39 is 0 Å². The molecule has 1 saturated heterocycles. The number of aryl methyl sites for hydroxylation is 1. The highest BCUT2D eigenvalue weighted by molar-refractivity contribution is 7.09. The van der Waals surface area contributed by atoms with E-state index in [1.165, 1.54) is 5.56 Å². The minimum Gasteiger partial charge on any atom is -0.325 e. The van der Waals surface area contributed by atoms with Crippen molar-refractivity contribution in [3.05, 3.63) is 70.5 Å². The third-order valence-corrected chi connectivity index (χ3v) is 5.73. The molecule has 1 fully saturated rings. The van der Waals surface area contributed by atoms with Crippen LogP contribution in [0.15, 0.2) is 60.0 Å². The lowest BCUT2D eigenvalue weighted by Crippen LogP contribution is -2.32. The van der Waals surface area contributed by atoms with Gasteiger partial charge in [-0.3, -0.25) is 9.69 Å². The van der Waals surface area contributed by atoms with Crippen LogP contribution in [-0.2, 0) is 4.79 Å². The third-order valence-electron chi connectivity index (χ3n) is 4.96. The van der Waals surface area contributed by atoms with Gasteiger partial charge in [0.15, 0.2) is 0 Å². The number of carbonyl (C=O) groups excluding carboxylic acids is 1. The molecule has 1 unspecified atom stereocenters. The number of hydrogen-bond acceptors (Lipinski definition) is 4. The number of carbonyl (C=O) groups is 1. The van der Waals surface area contributed by atoms with Crippen LogP contribution in [0.1, 0.15) is 29.5 Å². The van der Waals surface area contributed by atoms with E-state index in [0.717, 1.165) is 41.3 Å². The van der Waals surface area contributed by atoms with E-state index in [1.54, 1.807) is 11.3 Å². The second-order valence-corrected chi connectivity index (χ2v) is 7.98. The fraction of sp³-hybridized carbons (Fsp3) is 0.273. The van der Waals surface area contributed by atoms with Gasteiger partial charge >= 0.3 is 0 Å². The van der Waals surface area contributed by atoms with Crippen molar-refractivity contribution in [2.24, 2.45) is 0 Å². The molecule has 2 aromatic carbocycles. The quantitative estimate of drug-likeness (QED) is 0.688. The normalized spacial score (nSPS) is 17.1. The lowest BCUT2D eigenvalue weighted by molar-refractivity contribution is -0.117. The van der Waals surface area contributed by atoms with Gasteiger partial charge in [0.25, 0.3) is 0 Å². The van der Waals surface area contributed by atoms with Crippen LogP contribution >= 0.6 is 11.3 Å². The molecule has 0 aliphatic carbocycles. The van der Waals surface area contributed by atoms with Crippen molar-refractivity contribution in [1.82, 2.24) is 9.88 Å². The number of hydrogen-bond donors (Lipinski definition) is 1. The number of nitrogens with zero attached hydrogens (tertiary/aromatic N) is 2. The van der Waals surface area contributed by atoms with Crippen LogP contribution in [0.2, 0.25) is 0 Å². The molecule has 1 aliphatic rings. The van der Waals surface area contributed by atoms with Crippen LogP contribution in [0.3, 0.4) is 0 Å². The SMILES string of the molecule is Cc1nc(-c2cccc(NC(=O)CN3CCCC3c3ccccc3)c2)cs1. The van der Waals surface area contributed by atoms with Crippen LogP contribution in [0.4, 0.5) is 5.69 Å². The van der Waals surface area contributed by atoms with Crippen molar-refractivity contribution >= 4 is 22.9 Å². The summed E-state index contributed by atoms with van der Waals surface area (Å²) < 4.78 is 0. The van der Waals surface area contributed by atoms with E-state index in [2.05, 4.69) is 39.5 Å². The summed E-state index contributed by atoms with van der Waals surface area (Å²) in [7, 11) is 0. The Morgan fingerprint density at radius 3 is 2.85 bits per heavy atom. The van der Waals surface area contributed by atoms with E-state index in [4.69, 9.17) is 0 Å². The molecule has 0 radical (unpaired) electrons. The first-order valence-corrected chi connectivity index (χ1v) is 10.2. The summed E-state index contributed by atoms with van der Waals surface area (Å²) in [6.45, 7) is 3.38. The molecule has 4 rings (SSSR count). The average molecular weight is 378 g/mol. The molecule has 0 saturated carbocycles. The molecule has 1 amide bonds. The van der Waals surface area contributed by atoms with Gasteiger partial charge in [0.2, 0.25) is 5.91 Å². The molecule has 138 valence electrons. The zero-order valence-electron chi connectivity index (χ0n) is 15.4. The van der Waals surface area contributed by atoms with Crippen molar-refractivity contribution in [1.29, 1.82) is 0 Å². The van der Waals surface area contributed by atoms with Crippen molar-refractivity contribution in [2.75, 3.05) is 18.4 Å². The van der Waals surface area contributed by atoms with Gasteiger partial charge in [0.05, 0.1) is 17.2 Å². The van der Waals surface area contributed by atoms with Crippen molar-refractivity contribution in [3.63, 3.8) is 0 Å². The zero-order valence-corrected chi connectivity index (χ0v) is 16.2. The molecule has 0 spiro atoms. The van der Waals surface area contributed by atoms with Gasteiger partial charge in [0, 0.05) is 22.7 Å². The van der Waals surface area contributed by atoms with Gasteiger partial charge in [0.1, 0.15) is 0 Å². The molecule has 3 aromatic rings. The Balaban J connectivity index is 1.42. The summed E-state index contributed by atoms with van der Waals surface area (Å²) in [5, 5.41) is 6.14. The van der Waals surface area contributed by atoms with E-state index in [0.29, 0.717) is 12.6 Å². The first kappa shape index (κ1) is 17.9. The van der Waals surface area contributed by atoms with Crippen molar-refractivity contribution in [3.8, 4) is 11.3 Å². The summed E-state index contributed by atoms with van der Waals surface area (Å²) in [5.41, 5.74) is 4.10. The maximum absolute atomic E-state index is 12.6. The molecule has 1 aliphatic heterocycles. The Kier molecular flexibility index (Phi) is 5.32. The maximum atomic E-state index is 12.6. The van der Waals surface area contributed by atoms with Gasteiger partial charge in [-0.2, -0.15) is 0 Å². The monoisotopic (exact) mass is 377 g/mol. The standard InChI is InChI=1S/C22H23N3OS/c1-16-23-20(15-27-16)18-9-5-10-19(13-18)24-22(26)14-25-12-6-11-21(25)17-7-3-2-4-8-17/h2-5,7-10,13,15,21H,6,11-12,14H2,1H3,(H,24,26). The smallest absolute Gasteiger partial charge is 0.238 e. The summed E-state index contributed by atoms with van der Waals surface area (Å²) in [4.78, 5) is 19.4. The zero-order chi connectivity index (χ0) is 18.6. The first-order chi connectivity index (χ1) is 13.2. The Labute approximate surface area is 163 Å². The van der Waals surface area contributed by atoms with E-state index >= 15 is 0 Å². The van der Waals surface area contributed by atoms with Gasteiger partial charge in [-0.05, 0) is 44.0 Å². The minimum absolute atomic E-state index is 0.0319. The van der Waals surface area contributed by atoms with Crippen LogP contribution in [0.25, 0.3) is 11.3 Å². The lowest BCUT2D eigenvalue weighted by Gasteiger charge is -2.24. The Bertz CT molecular complexity index is 922. The highest BCUT2D eigenvalue weighted by Gasteiger charge is 2.27. The summed E-state index contributed by atoms with van der Waals surface area (Å²) in [5.74, 6) is 0.0319. The maximum Gasteiger partial charge on any atom is 0.238 e. The second kappa shape index (κ2) is 8.03. The predicted octanol–water partition coefficient (Wildman–Crippen LogP) is 4.89. The number of likely N-dealkylation sites (tertiary alicyclic amines) is 1. The number of thiazole rings is 1. The fourth-order valence-corrected chi connectivity index (χ4v) is 4.33. The number of rotatable bonds is 5. The van der Waals surface area contributed by atoms with Crippen LogP contribution in [-0.4, -0.2) is 28.9 Å². The molecule has 5 heteroatoms. The molecule has 1 atom stereocenters. The summed E-state index contributed by atoms with van der Waals surface area (Å²) in [6, 6.07) is 18.7. The topological polar surface area (TPSA) is 45.2 Å². The molecule has 1 aromatic heterocycles. The molecule has 2 heterocycles. The fourth-order valence-electron chi connectivity index (χ4n) is 3.71. The van der Waals surface area contributed by atoms with Crippen LogP contribution in [0, 0.1) is 6.92 Å². The van der Waals surface area contributed by atoms with Crippen molar-refractivity contribution in [2.45, 2.75) is 25.8 Å². The largest absolute Gasteiger partial charge is 0.325 e. The number of nitrogens with one attached hydrogen (secondary N) is 1. The van der Waals surface area contributed by atoms with E-state index in [-0.39, 0.29) is 5.91 Å². The average Bonchev–Trinajstić information content (AvgIpc) is 3.31. The van der Waals surface area contributed by atoms with Gasteiger partial charge in [-0.1, -0.05) is 42.5 Å². The Morgan fingerprint density at radius 1 is 1.22 bits per heavy atom. The highest BCUT2D eigenvalue weighted by Crippen LogP contribution is 2.31. The van der Waals surface area contributed by atoms with E-state index in [1.807, 2.05) is 42.6 Å². The molecule has 4 nitrogen and oxygen atoms in total. The van der Waals surface area contributed by atoms with Gasteiger partial charge in [-0.25, -0.2) is 4.98 Å². The van der Waals surface area contributed by atoms with Crippen LogP contribution in [0.5, 0.6) is 0 Å². The summed E-state index contributed by atoms with van der Waals surface area (Å²) in [6.07, 6.45) is 2.24. The molecular formula is C22H23N3OS.